The van der Waals surface area contributed by atoms with Crippen molar-refractivity contribution in [3.05, 3.63) is 29.8 Å². The van der Waals surface area contributed by atoms with Gasteiger partial charge in [-0.25, -0.2) is 8.42 Å². The van der Waals surface area contributed by atoms with E-state index in [0.717, 1.165) is 0 Å². The molecule has 0 saturated carbocycles. The fourth-order valence-electron chi connectivity index (χ4n) is 1.56. The average Bonchev–Trinajstić information content (AvgIpc) is 2.31. The normalized spacial score (nSPS) is 13.7. The first-order chi connectivity index (χ1) is 7.56. The molecule has 0 saturated heterocycles. The highest BCUT2D eigenvalue weighted by Crippen LogP contribution is 2.24. The molecular weight excluding hydrogens is 226 g/mol. The van der Waals surface area contributed by atoms with Crippen molar-refractivity contribution in [1.82, 2.24) is 0 Å². The molecule has 0 aromatic heterocycles. The van der Waals surface area contributed by atoms with E-state index >= 15 is 0 Å². The summed E-state index contributed by atoms with van der Waals surface area (Å²) >= 11 is 0. The van der Waals surface area contributed by atoms with Crippen LogP contribution in [0.5, 0.6) is 0 Å². The lowest BCUT2D eigenvalue weighted by Crippen LogP contribution is -2.19. The summed E-state index contributed by atoms with van der Waals surface area (Å²) in [5.41, 5.74) is 6.12. The standard InChI is InChI=1S/C11H17NO3S/c1-2-16(14,15)11-6-4-3-5-10(11)9(7-12)8-13/h3-6,9,13H,2,7-8,12H2,1H3. The zero-order chi connectivity index (χ0) is 12.2. The average molecular weight is 243 g/mol. The molecular formula is C11H17NO3S. The molecule has 1 aromatic carbocycles. The minimum absolute atomic E-state index is 0.0483. The zero-order valence-corrected chi connectivity index (χ0v) is 10.1. The molecule has 0 aliphatic rings. The maximum atomic E-state index is 11.8. The second-order valence-corrected chi connectivity index (χ2v) is 5.80. The third-order valence-corrected chi connectivity index (χ3v) is 4.38. The summed E-state index contributed by atoms with van der Waals surface area (Å²) in [6.45, 7) is 1.68. The van der Waals surface area contributed by atoms with Crippen molar-refractivity contribution in [3.8, 4) is 0 Å². The summed E-state index contributed by atoms with van der Waals surface area (Å²) < 4.78 is 23.7. The molecule has 0 radical (unpaired) electrons. The van der Waals surface area contributed by atoms with E-state index < -0.39 is 9.84 Å². The van der Waals surface area contributed by atoms with Gasteiger partial charge in [-0.15, -0.1) is 0 Å². The van der Waals surface area contributed by atoms with Gasteiger partial charge in [-0.1, -0.05) is 25.1 Å². The van der Waals surface area contributed by atoms with E-state index in [9.17, 15) is 8.42 Å². The van der Waals surface area contributed by atoms with Gasteiger partial charge in [0.2, 0.25) is 0 Å². The summed E-state index contributed by atoms with van der Waals surface area (Å²) in [6, 6.07) is 6.70. The second-order valence-electron chi connectivity index (χ2n) is 3.56. The molecule has 1 rings (SSSR count). The third-order valence-electron chi connectivity index (χ3n) is 2.58. The number of aliphatic hydroxyl groups excluding tert-OH is 1. The van der Waals surface area contributed by atoms with Crippen LogP contribution in [0, 0.1) is 0 Å². The van der Waals surface area contributed by atoms with E-state index in [4.69, 9.17) is 10.8 Å². The molecule has 0 heterocycles. The summed E-state index contributed by atoms with van der Waals surface area (Å²) in [7, 11) is -3.26. The van der Waals surface area contributed by atoms with Crippen molar-refractivity contribution in [2.45, 2.75) is 17.7 Å². The third kappa shape index (κ3) is 2.61. The number of hydrogen-bond donors (Lipinski definition) is 2. The molecule has 0 aliphatic heterocycles. The number of aliphatic hydroxyl groups is 1. The van der Waals surface area contributed by atoms with Gasteiger partial charge in [0, 0.05) is 12.5 Å². The predicted octanol–water partition coefficient (Wildman–Crippen LogP) is 0.515. The Kier molecular flexibility index (Phi) is 4.46. The van der Waals surface area contributed by atoms with Crippen LogP contribution in [0.4, 0.5) is 0 Å². The van der Waals surface area contributed by atoms with E-state index in [1.165, 1.54) is 0 Å². The lowest BCUT2D eigenvalue weighted by atomic mass is 10.0. The number of benzene rings is 1. The fraction of sp³-hybridized carbons (Fsp3) is 0.455. The highest BCUT2D eigenvalue weighted by Gasteiger charge is 2.20. The quantitative estimate of drug-likeness (QED) is 0.790. The summed E-state index contributed by atoms with van der Waals surface area (Å²) in [5.74, 6) is -0.273. The molecule has 0 amide bonds. The Bertz CT molecular complexity index is 438. The molecule has 90 valence electrons. The number of hydrogen-bond acceptors (Lipinski definition) is 4. The molecule has 3 N–H and O–H groups in total. The van der Waals surface area contributed by atoms with Crippen molar-refractivity contribution in [3.63, 3.8) is 0 Å². The SMILES string of the molecule is CCS(=O)(=O)c1ccccc1C(CN)CO. The van der Waals surface area contributed by atoms with Gasteiger partial charge < -0.3 is 10.8 Å². The van der Waals surface area contributed by atoms with Crippen molar-refractivity contribution in [1.29, 1.82) is 0 Å². The molecule has 0 spiro atoms. The largest absolute Gasteiger partial charge is 0.396 e. The van der Waals surface area contributed by atoms with Crippen LogP contribution in [0.3, 0.4) is 0 Å². The van der Waals surface area contributed by atoms with E-state index in [2.05, 4.69) is 0 Å². The topological polar surface area (TPSA) is 80.4 Å². The van der Waals surface area contributed by atoms with Crippen molar-refractivity contribution < 1.29 is 13.5 Å². The van der Waals surface area contributed by atoms with Crippen LogP contribution in [-0.4, -0.2) is 32.4 Å². The van der Waals surface area contributed by atoms with Crippen LogP contribution >= 0.6 is 0 Å². The first kappa shape index (κ1) is 13.2. The number of rotatable bonds is 5. The fourth-order valence-corrected chi connectivity index (χ4v) is 2.75. The maximum Gasteiger partial charge on any atom is 0.178 e. The first-order valence-corrected chi connectivity index (χ1v) is 6.84. The van der Waals surface area contributed by atoms with Gasteiger partial charge in [0.05, 0.1) is 17.3 Å². The minimum Gasteiger partial charge on any atom is -0.396 e. The van der Waals surface area contributed by atoms with Gasteiger partial charge in [0.1, 0.15) is 0 Å². The van der Waals surface area contributed by atoms with Gasteiger partial charge in [-0.05, 0) is 11.6 Å². The highest BCUT2D eigenvalue weighted by atomic mass is 32.2. The van der Waals surface area contributed by atoms with E-state index in [1.807, 2.05) is 0 Å². The second kappa shape index (κ2) is 5.43. The highest BCUT2D eigenvalue weighted by molar-refractivity contribution is 7.91. The monoisotopic (exact) mass is 243 g/mol. The Morgan fingerprint density at radius 1 is 1.38 bits per heavy atom. The molecule has 1 unspecified atom stereocenters. The molecule has 0 aliphatic carbocycles. The Balaban J connectivity index is 3.30. The van der Waals surface area contributed by atoms with Crippen molar-refractivity contribution in [2.75, 3.05) is 18.9 Å². The molecule has 4 nitrogen and oxygen atoms in total. The summed E-state index contributed by atoms with van der Waals surface area (Å²) in [5, 5.41) is 9.17. The minimum atomic E-state index is -3.26. The Labute approximate surface area is 96.0 Å². The van der Waals surface area contributed by atoms with Gasteiger partial charge in [0.15, 0.2) is 9.84 Å². The van der Waals surface area contributed by atoms with Gasteiger partial charge in [-0.3, -0.25) is 0 Å². The summed E-state index contributed by atoms with van der Waals surface area (Å²) in [4.78, 5) is 0.280. The maximum absolute atomic E-state index is 11.8. The molecule has 0 fully saturated rings. The smallest absolute Gasteiger partial charge is 0.178 e. The molecule has 16 heavy (non-hydrogen) atoms. The Morgan fingerprint density at radius 3 is 2.50 bits per heavy atom. The molecule has 5 heteroatoms. The molecule has 1 aromatic rings. The van der Waals surface area contributed by atoms with Gasteiger partial charge >= 0.3 is 0 Å². The van der Waals surface area contributed by atoms with Crippen molar-refractivity contribution >= 4 is 9.84 Å². The van der Waals surface area contributed by atoms with Crippen LogP contribution in [-0.2, 0) is 9.84 Å². The van der Waals surface area contributed by atoms with Gasteiger partial charge in [0.25, 0.3) is 0 Å². The number of sulfone groups is 1. The molecule has 0 bridgehead atoms. The molecule has 1 atom stereocenters. The van der Waals surface area contributed by atoms with Crippen LogP contribution < -0.4 is 5.73 Å². The van der Waals surface area contributed by atoms with E-state index in [1.54, 1.807) is 31.2 Å². The van der Waals surface area contributed by atoms with Crippen LogP contribution in [0.25, 0.3) is 0 Å². The van der Waals surface area contributed by atoms with Crippen LogP contribution in [0.15, 0.2) is 29.2 Å². The van der Waals surface area contributed by atoms with Gasteiger partial charge in [-0.2, -0.15) is 0 Å². The van der Waals surface area contributed by atoms with Crippen LogP contribution in [0.2, 0.25) is 0 Å². The lowest BCUT2D eigenvalue weighted by molar-refractivity contribution is 0.266. The van der Waals surface area contributed by atoms with Crippen LogP contribution in [0.1, 0.15) is 18.4 Å². The lowest BCUT2D eigenvalue weighted by Gasteiger charge is -2.16. The Morgan fingerprint density at radius 2 is 2.00 bits per heavy atom. The van der Waals surface area contributed by atoms with Crippen molar-refractivity contribution in [2.24, 2.45) is 5.73 Å². The Hall–Kier alpha value is -0.910. The zero-order valence-electron chi connectivity index (χ0n) is 9.26. The first-order valence-electron chi connectivity index (χ1n) is 5.19. The van der Waals surface area contributed by atoms with E-state index in [-0.39, 0.29) is 29.7 Å². The number of nitrogens with two attached hydrogens (primary N) is 1. The summed E-state index contributed by atoms with van der Waals surface area (Å²) in [6.07, 6.45) is 0. The van der Waals surface area contributed by atoms with E-state index in [0.29, 0.717) is 5.56 Å². The predicted molar refractivity (Wildman–Crippen MR) is 63.1 cm³/mol.